The van der Waals surface area contributed by atoms with Gasteiger partial charge in [0, 0.05) is 23.0 Å². The number of aromatic nitrogens is 1. The molecule has 3 aromatic rings. The largest absolute Gasteiger partial charge is 0.351 e. The Hall–Kier alpha value is -2.60. The summed E-state index contributed by atoms with van der Waals surface area (Å²) in [7, 11) is -3.37. The van der Waals surface area contributed by atoms with Crippen LogP contribution >= 0.6 is 0 Å². The van der Waals surface area contributed by atoms with Gasteiger partial charge in [-0.25, -0.2) is 8.42 Å². The van der Waals surface area contributed by atoms with Crippen molar-refractivity contribution in [1.29, 1.82) is 0 Å². The number of para-hydroxylation sites is 1. The molecule has 1 amide bonds. The van der Waals surface area contributed by atoms with Crippen LogP contribution in [0.4, 0.5) is 0 Å². The molecule has 2 saturated heterocycles. The monoisotopic (exact) mass is 394 g/mol. The number of hydrogen-bond donors (Lipinski definition) is 1. The Labute approximate surface area is 164 Å². The number of hydrogen-bond acceptors (Lipinski definition) is 3. The molecule has 2 aliphatic rings. The number of fused-ring (bicyclic) bond motifs is 3. The highest BCUT2D eigenvalue weighted by Gasteiger charge is 2.47. The van der Waals surface area contributed by atoms with Crippen molar-refractivity contribution in [2.45, 2.75) is 47.9 Å². The first-order valence-corrected chi connectivity index (χ1v) is 11.3. The van der Waals surface area contributed by atoms with Crippen LogP contribution in [0.5, 0.6) is 0 Å². The van der Waals surface area contributed by atoms with E-state index < -0.39 is 15.1 Å². The Morgan fingerprint density at radius 3 is 2.25 bits per heavy atom. The van der Waals surface area contributed by atoms with Crippen molar-refractivity contribution in [3.63, 3.8) is 0 Å². The number of aromatic amines is 1. The second-order valence-corrected chi connectivity index (χ2v) is 10.0. The molecule has 2 fully saturated rings. The Morgan fingerprint density at radius 2 is 1.57 bits per heavy atom. The zero-order valence-corrected chi connectivity index (χ0v) is 16.2. The SMILES string of the molecule is O=C(c1cc2ccccc2[nH]1)N1[C@@H]2CC[C@@H]1CC(S(=O)(=O)c1ccccc1)C2. The van der Waals surface area contributed by atoms with Gasteiger partial charge in [-0.2, -0.15) is 0 Å². The first-order chi connectivity index (χ1) is 13.5. The lowest BCUT2D eigenvalue weighted by atomic mass is 10.0. The number of piperidine rings is 1. The molecule has 0 unspecified atom stereocenters. The molecule has 2 aromatic carbocycles. The van der Waals surface area contributed by atoms with Gasteiger partial charge in [-0.05, 0) is 49.9 Å². The van der Waals surface area contributed by atoms with Crippen molar-refractivity contribution in [3.05, 3.63) is 66.4 Å². The van der Waals surface area contributed by atoms with Crippen LogP contribution in [0, 0.1) is 0 Å². The van der Waals surface area contributed by atoms with Crippen molar-refractivity contribution in [1.82, 2.24) is 9.88 Å². The van der Waals surface area contributed by atoms with Gasteiger partial charge in [0.2, 0.25) is 0 Å². The normalized spacial score (nSPS) is 24.6. The summed E-state index contributed by atoms with van der Waals surface area (Å²) in [5, 5.41) is 0.596. The summed E-state index contributed by atoms with van der Waals surface area (Å²) in [5.41, 5.74) is 1.53. The summed E-state index contributed by atoms with van der Waals surface area (Å²) >= 11 is 0. The quantitative estimate of drug-likeness (QED) is 0.735. The second-order valence-electron chi connectivity index (χ2n) is 7.82. The van der Waals surface area contributed by atoms with E-state index >= 15 is 0 Å². The average Bonchev–Trinajstić information content (AvgIpc) is 3.26. The lowest BCUT2D eigenvalue weighted by molar-refractivity contribution is 0.0593. The Bertz CT molecular complexity index is 1090. The van der Waals surface area contributed by atoms with Crippen LogP contribution in [-0.4, -0.2) is 41.5 Å². The van der Waals surface area contributed by atoms with Gasteiger partial charge in [0.15, 0.2) is 9.84 Å². The zero-order valence-electron chi connectivity index (χ0n) is 15.4. The number of sulfone groups is 1. The van der Waals surface area contributed by atoms with Gasteiger partial charge in [0.1, 0.15) is 5.69 Å². The van der Waals surface area contributed by atoms with E-state index in [1.165, 1.54) is 0 Å². The second kappa shape index (κ2) is 6.48. The highest BCUT2D eigenvalue weighted by molar-refractivity contribution is 7.92. The first kappa shape index (κ1) is 17.5. The highest BCUT2D eigenvalue weighted by Crippen LogP contribution is 2.40. The predicted molar refractivity (Wildman–Crippen MR) is 108 cm³/mol. The minimum absolute atomic E-state index is 0.0128. The van der Waals surface area contributed by atoms with Crippen LogP contribution in [0.25, 0.3) is 10.9 Å². The summed E-state index contributed by atoms with van der Waals surface area (Å²) in [6.45, 7) is 0. The molecule has 5 nitrogen and oxygen atoms in total. The van der Waals surface area contributed by atoms with E-state index in [9.17, 15) is 13.2 Å². The van der Waals surface area contributed by atoms with E-state index in [4.69, 9.17) is 0 Å². The van der Waals surface area contributed by atoms with E-state index in [0.717, 1.165) is 23.7 Å². The molecular formula is C22H22N2O3S. The van der Waals surface area contributed by atoms with Crippen LogP contribution in [0.15, 0.2) is 65.6 Å². The number of nitrogens with one attached hydrogen (secondary N) is 1. The fourth-order valence-corrected chi connectivity index (χ4v) is 6.71. The van der Waals surface area contributed by atoms with Crippen molar-refractivity contribution in [3.8, 4) is 0 Å². The van der Waals surface area contributed by atoms with Gasteiger partial charge in [-0.15, -0.1) is 0 Å². The smallest absolute Gasteiger partial charge is 0.270 e. The van der Waals surface area contributed by atoms with Gasteiger partial charge in [-0.1, -0.05) is 36.4 Å². The maximum atomic E-state index is 13.2. The number of amides is 1. The van der Waals surface area contributed by atoms with Gasteiger partial charge in [0.05, 0.1) is 10.1 Å². The Balaban J connectivity index is 1.41. The minimum Gasteiger partial charge on any atom is -0.351 e. The standard InChI is InChI=1S/C22H22N2O3S/c25-22(21-12-15-6-4-5-9-20(15)23-21)24-16-10-11-17(24)14-19(13-16)28(26,27)18-7-2-1-3-8-18/h1-9,12,16-17,19,23H,10-11,13-14H2/t16-,17-/m1/s1. The molecular weight excluding hydrogens is 372 g/mol. The van der Waals surface area contributed by atoms with E-state index in [2.05, 4.69) is 4.98 Å². The molecule has 1 N–H and O–H groups in total. The maximum absolute atomic E-state index is 13.2. The van der Waals surface area contributed by atoms with Gasteiger partial charge in [-0.3, -0.25) is 4.79 Å². The molecule has 3 heterocycles. The van der Waals surface area contributed by atoms with Crippen molar-refractivity contribution >= 4 is 26.6 Å². The Morgan fingerprint density at radius 1 is 0.929 bits per heavy atom. The first-order valence-electron chi connectivity index (χ1n) is 9.73. The van der Waals surface area contributed by atoms with Crippen LogP contribution in [-0.2, 0) is 9.84 Å². The van der Waals surface area contributed by atoms with Crippen LogP contribution in [0.2, 0.25) is 0 Å². The molecule has 1 aromatic heterocycles. The minimum atomic E-state index is -3.37. The molecule has 5 rings (SSSR count). The van der Waals surface area contributed by atoms with Crippen LogP contribution in [0.1, 0.15) is 36.2 Å². The zero-order chi connectivity index (χ0) is 19.3. The van der Waals surface area contributed by atoms with E-state index in [1.54, 1.807) is 24.3 Å². The highest BCUT2D eigenvalue weighted by atomic mass is 32.2. The molecule has 2 bridgehead atoms. The number of rotatable bonds is 3. The third-order valence-corrected chi connectivity index (χ3v) is 8.39. The number of carbonyl (C=O) groups excluding carboxylic acids is 1. The lowest BCUT2D eigenvalue weighted by Gasteiger charge is -2.38. The molecule has 0 saturated carbocycles. The number of benzene rings is 2. The average molecular weight is 394 g/mol. The van der Waals surface area contributed by atoms with Crippen molar-refractivity contribution in [2.24, 2.45) is 0 Å². The molecule has 6 heteroatoms. The summed E-state index contributed by atoms with van der Waals surface area (Å²) in [5.74, 6) is -0.0146. The number of carbonyl (C=O) groups is 1. The molecule has 2 aliphatic heterocycles. The maximum Gasteiger partial charge on any atom is 0.270 e. The van der Waals surface area contributed by atoms with E-state index in [1.807, 2.05) is 41.3 Å². The molecule has 144 valence electrons. The summed E-state index contributed by atoms with van der Waals surface area (Å²) in [6, 6.07) is 18.4. The van der Waals surface area contributed by atoms with Gasteiger partial charge < -0.3 is 9.88 Å². The fourth-order valence-electron chi connectivity index (χ4n) is 4.84. The molecule has 2 atom stereocenters. The van der Waals surface area contributed by atoms with Crippen molar-refractivity contribution < 1.29 is 13.2 Å². The fraction of sp³-hybridized carbons (Fsp3) is 0.318. The van der Waals surface area contributed by atoms with Crippen LogP contribution < -0.4 is 0 Å². The topological polar surface area (TPSA) is 70.2 Å². The van der Waals surface area contributed by atoms with Gasteiger partial charge >= 0.3 is 0 Å². The predicted octanol–water partition coefficient (Wildman–Crippen LogP) is 3.78. The molecule has 0 radical (unpaired) electrons. The molecule has 0 aliphatic carbocycles. The summed E-state index contributed by atoms with van der Waals surface area (Å²) < 4.78 is 26.1. The van der Waals surface area contributed by atoms with Gasteiger partial charge in [0.25, 0.3) is 5.91 Å². The molecule has 0 spiro atoms. The van der Waals surface area contributed by atoms with Crippen LogP contribution in [0.3, 0.4) is 0 Å². The van der Waals surface area contributed by atoms with E-state index in [0.29, 0.717) is 23.4 Å². The Kier molecular flexibility index (Phi) is 4.05. The molecule has 28 heavy (non-hydrogen) atoms. The third-order valence-electron chi connectivity index (χ3n) is 6.20. The summed E-state index contributed by atoms with van der Waals surface area (Å²) in [6.07, 6.45) is 2.77. The van der Waals surface area contributed by atoms with E-state index in [-0.39, 0.29) is 18.0 Å². The lowest BCUT2D eigenvalue weighted by Crippen LogP contribution is -2.49. The van der Waals surface area contributed by atoms with Crippen molar-refractivity contribution in [2.75, 3.05) is 0 Å². The number of H-pyrrole nitrogens is 1. The third kappa shape index (κ3) is 2.75. The summed E-state index contributed by atoms with van der Waals surface area (Å²) in [4.78, 5) is 18.7. The number of nitrogens with zero attached hydrogens (tertiary/aromatic N) is 1.